The Hall–Kier alpha value is -4.59. The predicted octanol–water partition coefficient (Wildman–Crippen LogP) is 5.96. The Morgan fingerprint density at radius 3 is 2.26 bits per heavy atom. The minimum absolute atomic E-state index is 0.0190. The smallest absolute Gasteiger partial charge is 0.412 e. The quantitative estimate of drug-likeness (QED) is 0.303. The van der Waals surface area contributed by atoms with Crippen LogP contribution in [0.1, 0.15) is 29.8 Å². The molecule has 0 aliphatic heterocycles. The summed E-state index contributed by atoms with van der Waals surface area (Å²) in [7, 11) is 0. The van der Waals surface area contributed by atoms with Crippen molar-refractivity contribution in [3.8, 4) is 28.2 Å². The summed E-state index contributed by atoms with van der Waals surface area (Å²) in [6.45, 7) is 3.43. The van der Waals surface area contributed by atoms with Crippen molar-refractivity contribution in [2.45, 2.75) is 26.4 Å². The van der Waals surface area contributed by atoms with E-state index in [4.69, 9.17) is 14.4 Å². The van der Waals surface area contributed by atoms with Crippen molar-refractivity contribution in [3.63, 3.8) is 0 Å². The van der Waals surface area contributed by atoms with Gasteiger partial charge in [-0.15, -0.1) is 0 Å². The van der Waals surface area contributed by atoms with Crippen LogP contribution < -0.4 is 5.32 Å². The van der Waals surface area contributed by atoms with Gasteiger partial charge in [0.15, 0.2) is 5.76 Å². The maximum Gasteiger partial charge on any atom is 0.412 e. The fourth-order valence-electron chi connectivity index (χ4n) is 3.66. The number of hydrogen-bond acceptors (Lipinski definition) is 6. The number of phenols is 1. The minimum atomic E-state index is -0.869. The Balaban J connectivity index is 1.48. The van der Waals surface area contributed by atoms with Crippen molar-refractivity contribution in [1.82, 2.24) is 5.16 Å². The number of rotatable bonds is 7. The highest BCUT2D eigenvalue weighted by molar-refractivity contribution is 5.91. The van der Waals surface area contributed by atoms with E-state index in [1.165, 1.54) is 6.07 Å². The zero-order valence-electron chi connectivity index (χ0n) is 19.2. The lowest BCUT2D eigenvalue weighted by Crippen LogP contribution is -2.16. The molecule has 1 amide bonds. The number of aliphatic carboxylic acids is 1. The van der Waals surface area contributed by atoms with E-state index in [-0.39, 0.29) is 12.2 Å². The topological polar surface area (TPSA) is 122 Å². The first kappa shape index (κ1) is 23.6. The number of benzene rings is 3. The van der Waals surface area contributed by atoms with Crippen molar-refractivity contribution in [2.75, 3.05) is 5.32 Å². The number of phenolic OH excluding ortho intramolecular Hbond substituents is 1. The van der Waals surface area contributed by atoms with Crippen molar-refractivity contribution < 1.29 is 29.1 Å². The van der Waals surface area contributed by atoms with Crippen LogP contribution in [0.2, 0.25) is 0 Å². The number of aryl methyl sites for hydroxylation is 1. The maximum atomic E-state index is 12.5. The van der Waals surface area contributed by atoms with Gasteiger partial charge in [-0.1, -0.05) is 65.8 Å². The molecule has 1 atom stereocenters. The van der Waals surface area contributed by atoms with Crippen LogP contribution >= 0.6 is 0 Å². The van der Waals surface area contributed by atoms with E-state index in [0.717, 1.165) is 16.7 Å². The van der Waals surface area contributed by atoms with E-state index in [1.807, 2.05) is 36.4 Å². The first-order chi connectivity index (χ1) is 16.8. The lowest BCUT2D eigenvalue weighted by molar-refractivity contribution is -0.136. The summed E-state index contributed by atoms with van der Waals surface area (Å²) in [5.74, 6) is -0.380. The largest absolute Gasteiger partial charge is 0.508 e. The minimum Gasteiger partial charge on any atom is -0.508 e. The van der Waals surface area contributed by atoms with E-state index in [2.05, 4.69) is 10.5 Å². The number of carbonyl (C=O) groups excluding carboxylic acids is 1. The van der Waals surface area contributed by atoms with Gasteiger partial charge in [-0.05, 0) is 48.2 Å². The average molecular weight is 472 g/mol. The molecule has 3 aromatic carbocycles. The molecule has 0 bridgehead atoms. The third kappa shape index (κ3) is 5.67. The molecule has 1 aromatic heterocycles. The molecule has 8 heteroatoms. The molecule has 4 rings (SSSR count). The third-order valence-corrected chi connectivity index (χ3v) is 5.50. The molecule has 0 aliphatic carbocycles. The van der Waals surface area contributed by atoms with Gasteiger partial charge >= 0.3 is 12.1 Å². The number of nitrogens with zero attached hydrogens (tertiary/aromatic N) is 1. The predicted molar refractivity (Wildman–Crippen MR) is 130 cm³/mol. The zero-order valence-corrected chi connectivity index (χ0v) is 19.2. The Bertz CT molecular complexity index is 1340. The van der Waals surface area contributed by atoms with Gasteiger partial charge in [0.2, 0.25) is 0 Å². The third-order valence-electron chi connectivity index (χ3n) is 5.50. The fourth-order valence-corrected chi connectivity index (χ4v) is 3.66. The second-order valence-corrected chi connectivity index (χ2v) is 8.08. The summed E-state index contributed by atoms with van der Waals surface area (Å²) in [6, 6.07) is 21.4. The highest BCUT2D eigenvalue weighted by Gasteiger charge is 2.20. The van der Waals surface area contributed by atoms with Gasteiger partial charge in [0.25, 0.3) is 0 Å². The summed E-state index contributed by atoms with van der Waals surface area (Å²) in [5.41, 5.74) is 4.91. The number of carboxylic acid groups (broad SMARTS) is 1. The number of anilines is 1. The van der Waals surface area contributed by atoms with Gasteiger partial charge in [-0.25, -0.2) is 4.79 Å². The SMILES string of the molecule is Cc1noc(-c2ccc(-c3ccc(CC(=O)O)cc3)cc2)c1NC(=O)OC(C)c1cccc(O)c1. The lowest BCUT2D eigenvalue weighted by Gasteiger charge is -2.14. The van der Waals surface area contributed by atoms with Crippen molar-refractivity contribution in [1.29, 1.82) is 0 Å². The second kappa shape index (κ2) is 10.1. The molecule has 0 saturated carbocycles. The monoisotopic (exact) mass is 472 g/mol. The zero-order chi connectivity index (χ0) is 24.9. The number of aromatic nitrogens is 1. The summed E-state index contributed by atoms with van der Waals surface area (Å²) < 4.78 is 10.9. The molecule has 1 unspecified atom stereocenters. The van der Waals surface area contributed by atoms with E-state index < -0.39 is 18.2 Å². The Morgan fingerprint density at radius 1 is 1.00 bits per heavy atom. The first-order valence-electron chi connectivity index (χ1n) is 10.9. The molecule has 8 nitrogen and oxygen atoms in total. The van der Waals surface area contributed by atoms with Crippen LogP contribution in [-0.2, 0) is 16.0 Å². The molecule has 4 aromatic rings. The molecule has 178 valence electrons. The number of ether oxygens (including phenoxy) is 1. The molecule has 3 N–H and O–H groups in total. The number of aromatic hydroxyl groups is 1. The van der Waals surface area contributed by atoms with Crippen LogP contribution in [0.15, 0.2) is 77.3 Å². The van der Waals surface area contributed by atoms with Gasteiger partial charge in [-0.2, -0.15) is 0 Å². The molecule has 0 spiro atoms. The van der Waals surface area contributed by atoms with Crippen molar-refractivity contribution in [3.05, 3.63) is 89.6 Å². The molecule has 0 fully saturated rings. The molecule has 0 radical (unpaired) electrons. The normalized spacial score (nSPS) is 11.6. The Labute approximate surface area is 201 Å². The van der Waals surface area contributed by atoms with E-state index in [9.17, 15) is 14.7 Å². The van der Waals surface area contributed by atoms with Gasteiger partial charge in [0.05, 0.1) is 6.42 Å². The van der Waals surface area contributed by atoms with Crippen LogP contribution in [0.4, 0.5) is 10.5 Å². The van der Waals surface area contributed by atoms with Crippen LogP contribution in [0.25, 0.3) is 22.5 Å². The fraction of sp³-hybridized carbons (Fsp3) is 0.148. The summed E-state index contributed by atoms with van der Waals surface area (Å²) >= 11 is 0. The van der Waals surface area contributed by atoms with Gasteiger partial charge in [0.1, 0.15) is 23.2 Å². The lowest BCUT2D eigenvalue weighted by atomic mass is 10.0. The van der Waals surface area contributed by atoms with Crippen LogP contribution in [0.3, 0.4) is 0 Å². The molecule has 0 aliphatic rings. The number of nitrogens with one attached hydrogen (secondary N) is 1. The number of carboxylic acids is 1. The summed E-state index contributed by atoms with van der Waals surface area (Å²) in [4.78, 5) is 23.4. The van der Waals surface area contributed by atoms with E-state index >= 15 is 0 Å². The number of carbonyl (C=O) groups is 2. The molecular formula is C27H24N2O6. The summed E-state index contributed by atoms with van der Waals surface area (Å²) in [6.07, 6.45) is -1.27. The molecule has 1 heterocycles. The highest BCUT2D eigenvalue weighted by atomic mass is 16.6. The first-order valence-corrected chi connectivity index (χ1v) is 10.9. The second-order valence-electron chi connectivity index (χ2n) is 8.08. The van der Waals surface area contributed by atoms with Crippen molar-refractivity contribution >= 4 is 17.7 Å². The summed E-state index contributed by atoms with van der Waals surface area (Å²) in [5, 5.41) is 25.3. The number of amides is 1. The average Bonchev–Trinajstić information content (AvgIpc) is 3.19. The van der Waals surface area contributed by atoms with Gasteiger partial charge in [0, 0.05) is 5.56 Å². The molecular weight excluding hydrogens is 448 g/mol. The Morgan fingerprint density at radius 2 is 1.63 bits per heavy atom. The highest BCUT2D eigenvalue weighted by Crippen LogP contribution is 2.33. The maximum absolute atomic E-state index is 12.5. The van der Waals surface area contributed by atoms with E-state index in [0.29, 0.717) is 28.3 Å². The van der Waals surface area contributed by atoms with Gasteiger partial charge < -0.3 is 19.5 Å². The Kier molecular flexibility index (Phi) is 6.82. The van der Waals surface area contributed by atoms with Crippen LogP contribution in [0, 0.1) is 6.92 Å². The van der Waals surface area contributed by atoms with E-state index in [1.54, 1.807) is 44.2 Å². The van der Waals surface area contributed by atoms with Crippen molar-refractivity contribution in [2.24, 2.45) is 0 Å². The van der Waals surface area contributed by atoms with Crippen LogP contribution in [0.5, 0.6) is 5.75 Å². The molecule has 0 saturated heterocycles. The van der Waals surface area contributed by atoms with Gasteiger partial charge in [-0.3, -0.25) is 10.1 Å². The standard InChI is InChI=1S/C27H24N2O6/c1-16-25(28-27(33)34-17(2)22-4-3-5-23(30)15-22)26(35-29-16)21-12-10-20(11-13-21)19-8-6-18(7-9-19)14-24(31)32/h3-13,15,17,30H,14H2,1-2H3,(H,28,33)(H,31,32). The number of hydrogen-bond donors (Lipinski definition) is 3. The van der Waals surface area contributed by atoms with Crippen LogP contribution in [-0.4, -0.2) is 27.4 Å². The molecule has 35 heavy (non-hydrogen) atoms.